The van der Waals surface area contributed by atoms with Gasteiger partial charge in [0.05, 0.1) is 12.2 Å². The van der Waals surface area contributed by atoms with Crippen LogP contribution in [0, 0.1) is 35.5 Å². The molecular formula is C12H18O2. The summed E-state index contributed by atoms with van der Waals surface area (Å²) in [6.07, 6.45) is 4.54. The quantitative estimate of drug-likeness (QED) is 0.565. The predicted octanol–water partition coefficient (Wildman–Crippen LogP) is 1.02. The Morgan fingerprint density at radius 3 is 1.71 bits per heavy atom. The monoisotopic (exact) mass is 194 g/mol. The summed E-state index contributed by atoms with van der Waals surface area (Å²) in [5.74, 6) is 4.30. The van der Waals surface area contributed by atoms with Crippen LogP contribution in [0.2, 0.25) is 0 Å². The lowest BCUT2D eigenvalue weighted by Crippen LogP contribution is -2.44. The summed E-state index contributed by atoms with van der Waals surface area (Å²) in [7, 11) is 0. The highest BCUT2D eigenvalue weighted by molar-refractivity contribution is 5.14. The lowest BCUT2D eigenvalue weighted by Gasteiger charge is -2.39. The van der Waals surface area contributed by atoms with Crippen LogP contribution in [-0.2, 0) is 0 Å². The van der Waals surface area contributed by atoms with Crippen molar-refractivity contribution in [1.29, 1.82) is 0 Å². The second-order valence-corrected chi connectivity index (χ2v) is 6.03. The van der Waals surface area contributed by atoms with E-state index in [0.29, 0.717) is 11.8 Å². The first-order valence-corrected chi connectivity index (χ1v) is 6.13. The second-order valence-electron chi connectivity index (χ2n) is 6.03. The molecule has 0 aromatic rings. The molecule has 0 amide bonds. The first-order valence-electron chi connectivity index (χ1n) is 6.13. The van der Waals surface area contributed by atoms with Crippen molar-refractivity contribution in [3.05, 3.63) is 0 Å². The van der Waals surface area contributed by atoms with Gasteiger partial charge in [0.25, 0.3) is 0 Å². The van der Waals surface area contributed by atoms with Gasteiger partial charge in [-0.15, -0.1) is 0 Å². The highest BCUT2D eigenvalue weighted by Crippen LogP contribution is 2.67. The van der Waals surface area contributed by atoms with Gasteiger partial charge in [-0.2, -0.15) is 0 Å². The Hall–Kier alpha value is -0.0800. The summed E-state index contributed by atoms with van der Waals surface area (Å²) in [6, 6.07) is 0. The zero-order chi connectivity index (χ0) is 9.45. The summed E-state index contributed by atoms with van der Waals surface area (Å²) in [4.78, 5) is 0. The van der Waals surface area contributed by atoms with Crippen molar-refractivity contribution in [2.45, 2.75) is 37.9 Å². The molecule has 4 saturated carbocycles. The summed E-state index contributed by atoms with van der Waals surface area (Å²) >= 11 is 0. The Morgan fingerprint density at radius 2 is 1.21 bits per heavy atom. The van der Waals surface area contributed by atoms with Gasteiger partial charge in [-0.25, -0.2) is 0 Å². The zero-order valence-electron chi connectivity index (χ0n) is 8.34. The fraction of sp³-hybridized carbons (Fsp3) is 1.00. The molecule has 4 bridgehead atoms. The molecule has 0 aliphatic heterocycles. The SMILES string of the molecule is OC1C(O)[C@@H]2C[C@H]1C1C2[C@H]2CC[C@@H]1C2. The van der Waals surface area contributed by atoms with E-state index in [2.05, 4.69) is 0 Å². The maximum absolute atomic E-state index is 9.91. The van der Waals surface area contributed by atoms with Crippen molar-refractivity contribution >= 4 is 0 Å². The van der Waals surface area contributed by atoms with Gasteiger partial charge in [0.2, 0.25) is 0 Å². The Bertz CT molecular complexity index is 251. The van der Waals surface area contributed by atoms with Crippen LogP contribution in [0.5, 0.6) is 0 Å². The van der Waals surface area contributed by atoms with Crippen molar-refractivity contribution in [3.8, 4) is 0 Å². The van der Waals surface area contributed by atoms with E-state index in [0.717, 1.165) is 30.1 Å². The molecule has 4 unspecified atom stereocenters. The van der Waals surface area contributed by atoms with Gasteiger partial charge < -0.3 is 10.2 Å². The van der Waals surface area contributed by atoms with E-state index >= 15 is 0 Å². The normalized spacial score (nSPS) is 69.0. The fourth-order valence-corrected chi connectivity index (χ4v) is 5.52. The molecule has 78 valence electrons. The van der Waals surface area contributed by atoms with Crippen molar-refractivity contribution in [2.75, 3.05) is 0 Å². The minimum atomic E-state index is -0.388. The molecule has 14 heavy (non-hydrogen) atoms. The van der Waals surface area contributed by atoms with E-state index < -0.39 is 0 Å². The number of hydrogen-bond acceptors (Lipinski definition) is 2. The molecule has 4 aliphatic rings. The molecule has 4 aliphatic carbocycles. The Kier molecular flexibility index (Phi) is 1.37. The molecule has 0 spiro atoms. The van der Waals surface area contributed by atoms with Crippen molar-refractivity contribution in [1.82, 2.24) is 0 Å². The van der Waals surface area contributed by atoms with Crippen LogP contribution in [0.25, 0.3) is 0 Å². The van der Waals surface area contributed by atoms with E-state index in [4.69, 9.17) is 0 Å². The number of hydrogen-bond donors (Lipinski definition) is 2. The lowest BCUT2D eigenvalue weighted by atomic mass is 9.69. The average Bonchev–Trinajstić information content (AvgIpc) is 2.87. The van der Waals surface area contributed by atoms with Gasteiger partial charge in [-0.05, 0) is 61.2 Å². The molecule has 0 radical (unpaired) electrons. The van der Waals surface area contributed by atoms with Crippen LogP contribution in [0.15, 0.2) is 0 Å². The van der Waals surface area contributed by atoms with E-state index in [1.165, 1.54) is 19.3 Å². The smallest absolute Gasteiger partial charge is 0.0833 e. The van der Waals surface area contributed by atoms with Crippen LogP contribution in [0.4, 0.5) is 0 Å². The molecule has 0 saturated heterocycles. The number of aliphatic hydroxyl groups is 2. The minimum Gasteiger partial charge on any atom is -0.390 e. The second kappa shape index (κ2) is 2.35. The summed E-state index contributed by atoms with van der Waals surface area (Å²) in [6.45, 7) is 0. The standard InChI is InChI=1S/C12H18O2/c13-11-7-4-8(12(11)14)10-6-2-1-5(3-6)9(7)10/h5-14H,1-4H2/t5-,6+,7+,8-,9?,10?,11?,12?. The molecule has 8 atom stereocenters. The van der Waals surface area contributed by atoms with Crippen LogP contribution < -0.4 is 0 Å². The third kappa shape index (κ3) is 0.704. The molecule has 4 fully saturated rings. The minimum absolute atomic E-state index is 0.388. The molecule has 0 aromatic heterocycles. The van der Waals surface area contributed by atoms with Crippen LogP contribution in [0.3, 0.4) is 0 Å². The molecule has 2 heteroatoms. The Balaban J connectivity index is 1.74. The van der Waals surface area contributed by atoms with E-state index in [1.54, 1.807) is 0 Å². The highest BCUT2D eigenvalue weighted by atomic mass is 16.3. The average molecular weight is 194 g/mol. The molecule has 0 aromatic carbocycles. The Labute approximate surface area is 84.3 Å². The maximum atomic E-state index is 9.91. The van der Waals surface area contributed by atoms with Gasteiger partial charge in [0.15, 0.2) is 0 Å². The number of aliphatic hydroxyl groups excluding tert-OH is 2. The van der Waals surface area contributed by atoms with E-state index in [9.17, 15) is 10.2 Å². The summed E-state index contributed by atoms with van der Waals surface area (Å²) in [5, 5.41) is 19.8. The Morgan fingerprint density at radius 1 is 0.714 bits per heavy atom. The summed E-state index contributed by atoms with van der Waals surface area (Å²) < 4.78 is 0. The maximum Gasteiger partial charge on any atom is 0.0833 e. The van der Waals surface area contributed by atoms with Gasteiger partial charge in [0, 0.05) is 0 Å². The van der Waals surface area contributed by atoms with E-state index in [1.807, 2.05) is 0 Å². The number of rotatable bonds is 0. The van der Waals surface area contributed by atoms with Crippen LogP contribution in [0.1, 0.15) is 25.7 Å². The first-order chi connectivity index (χ1) is 6.77. The van der Waals surface area contributed by atoms with Crippen LogP contribution in [-0.4, -0.2) is 22.4 Å². The number of fused-ring (bicyclic) bond motifs is 9. The van der Waals surface area contributed by atoms with Gasteiger partial charge in [-0.1, -0.05) is 0 Å². The van der Waals surface area contributed by atoms with Gasteiger partial charge >= 0.3 is 0 Å². The first kappa shape index (κ1) is 8.12. The zero-order valence-corrected chi connectivity index (χ0v) is 8.34. The molecule has 0 heterocycles. The fourth-order valence-electron chi connectivity index (χ4n) is 5.52. The molecule has 2 nitrogen and oxygen atoms in total. The van der Waals surface area contributed by atoms with Gasteiger partial charge in [0.1, 0.15) is 0 Å². The lowest BCUT2D eigenvalue weighted by molar-refractivity contribution is -0.0685. The molecule has 2 N–H and O–H groups in total. The third-order valence-corrected chi connectivity index (χ3v) is 5.81. The molecular weight excluding hydrogens is 176 g/mol. The highest BCUT2D eigenvalue weighted by Gasteiger charge is 2.65. The van der Waals surface area contributed by atoms with Crippen LogP contribution >= 0.6 is 0 Å². The van der Waals surface area contributed by atoms with Crippen molar-refractivity contribution < 1.29 is 10.2 Å². The molecule has 4 rings (SSSR count). The summed E-state index contributed by atoms with van der Waals surface area (Å²) in [5.41, 5.74) is 0. The topological polar surface area (TPSA) is 40.5 Å². The van der Waals surface area contributed by atoms with E-state index in [-0.39, 0.29) is 12.2 Å². The third-order valence-electron chi connectivity index (χ3n) is 5.81. The van der Waals surface area contributed by atoms with Crippen molar-refractivity contribution in [3.63, 3.8) is 0 Å². The van der Waals surface area contributed by atoms with Gasteiger partial charge in [-0.3, -0.25) is 0 Å². The van der Waals surface area contributed by atoms with Crippen molar-refractivity contribution in [2.24, 2.45) is 35.5 Å². The largest absolute Gasteiger partial charge is 0.390 e. The predicted molar refractivity (Wildman–Crippen MR) is 51.4 cm³/mol.